The Balaban J connectivity index is 1.64. The van der Waals surface area contributed by atoms with Gasteiger partial charge in [0.1, 0.15) is 0 Å². The molecule has 3 atom stereocenters. The summed E-state index contributed by atoms with van der Waals surface area (Å²) in [6.07, 6.45) is 3.86. The van der Waals surface area contributed by atoms with E-state index in [-0.39, 0.29) is 11.9 Å². The first-order chi connectivity index (χ1) is 9.13. The number of piperidine rings is 1. The van der Waals surface area contributed by atoms with Crippen LogP contribution in [0.4, 0.5) is 11.4 Å². The summed E-state index contributed by atoms with van der Waals surface area (Å²) in [5.41, 5.74) is 7.17. The molecule has 1 aromatic rings. The molecule has 102 valence electrons. The second-order valence-corrected chi connectivity index (χ2v) is 5.82. The maximum Gasteiger partial charge on any atom is 0.241 e. The van der Waals surface area contributed by atoms with Crippen LogP contribution in [0.15, 0.2) is 24.3 Å². The van der Waals surface area contributed by atoms with E-state index < -0.39 is 0 Å². The molecule has 0 radical (unpaired) electrons. The zero-order valence-electron chi connectivity index (χ0n) is 11.3. The van der Waals surface area contributed by atoms with E-state index in [1.807, 2.05) is 25.1 Å². The van der Waals surface area contributed by atoms with Gasteiger partial charge in [-0.25, -0.2) is 0 Å². The molecule has 1 aliphatic heterocycles. The zero-order valence-corrected chi connectivity index (χ0v) is 11.3. The number of carbonyl (C=O) groups is 1. The molecule has 3 unspecified atom stereocenters. The number of amides is 1. The minimum absolute atomic E-state index is 0.0586. The molecule has 0 spiro atoms. The predicted octanol–water partition coefficient (Wildman–Crippen LogP) is 2.08. The second-order valence-electron chi connectivity index (χ2n) is 5.82. The molecule has 1 saturated heterocycles. The molecule has 4 nitrogen and oxygen atoms in total. The average molecular weight is 259 g/mol. The van der Waals surface area contributed by atoms with Gasteiger partial charge in [-0.3, -0.25) is 9.69 Å². The number of rotatable bonds is 3. The lowest BCUT2D eigenvalue weighted by molar-refractivity contribution is -0.121. The van der Waals surface area contributed by atoms with Crippen LogP contribution in [0.25, 0.3) is 0 Å². The molecule has 2 aliphatic rings. The van der Waals surface area contributed by atoms with Crippen molar-refractivity contribution in [3.8, 4) is 0 Å². The molecule has 1 aliphatic carbocycles. The van der Waals surface area contributed by atoms with Crippen LogP contribution >= 0.6 is 0 Å². The van der Waals surface area contributed by atoms with E-state index in [1.165, 1.54) is 19.3 Å². The van der Waals surface area contributed by atoms with Crippen LogP contribution in [0.5, 0.6) is 0 Å². The van der Waals surface area contributed by atoms with Crippen molar-refractivity contribution in [2.75, 3.05) is 17.6 Å². The number of hydrogen-bond acceptors (Lipinski definition) is 3. The Morgan fingerprint density at radius 2 is 2.32 bits per heavy atom. The van der Waals surface area contributed by atoms with E-state index in [4.69, 9.17) is 5.73 Å². The summed E-state index contributed by atoms with van der Waals surface area (Å²) in [5.74, 6) is 0.880. The molecule has 0 aromatic heterocycles. The number of anilines is 2. The fraction of sp³-hybridized carbons (Fsp3) is 0.533. The monoisotopic (exact) mass is 259 g/mol. The quantitative estimate of drug-likeness (QED) is 0.817. The number of hydrogen-bond donors (Lipinski definition) is 2. The van der Waals surface area contributed by atoms with E-state index in [1.54, 1.807) is 6.07 Å². The summed E-state index contributed by atoms with van der Waals surface area (Å²) in [6.45, 7) is 3.08. The number of benzene rings is 1. The van der Waals surface area contributed by atoms with Gasteiger partial charge >= 0.3 is 0 Å². The van der Waals surface area contributed by atoms with Crippen LogP contribution in [0, 0.1) is 5.92 Å². The Labute approximate surface area is 114 Å². The molecule has 1 amide bonds. The molecule has 4 heteroatoms. The molecular weight excluding hydrogens is 238 g/mol. The van der Waals surface area contributed by atoms with Crippen LogP contribution < -0.4 is 11.1 Å². The molecular formula is C15H21N3O. The molecule has 2 bridgehead atoms. The van der Waals surface area contributed by atoms with Crippen LogP contribution in [-0.4, -0.2) is 29.4 Å². The van der Waals surface area contributed by atoms with Gasteiger partial charge in [0.05, 0.1) is 6.04 Å². The summed E-state index contributed by atoms with van der Waals surface area (Å²) in [6, 6.07) is 7.90. The van der Waals surface area contributed by atoms with Crippen LogP contribution in [0.1, 0.15) is 26.2 Å². The largest absolute Gasteiger partial charge is 0.399 e. The van der Waals surface area contributed by atoms with Crippen molar-refractivity contribution >= 4 is 17.3 Å². The van der Waals surface area contributed by atoms with Gasteiger partial charge in [-0.1, -0.05) is 6.07 Å². The van der Waals surface area contributed by atoms with Gasteiger partial charge in [0.2, 0.25) is 5.91 Å². The Bertz CT molecular complexity index is 488. The number of carbonyl (C=O) groups excluding carboxylic acids is 1. The first kappa shape index (κ1) is 12.5. The highest BCUT2D eigenvalue weighted by molar-refractivity contribution is 5.95. The van der Waals surface area contributed by atoms with Crippen LogP contribution in [0.3, 0.4) is 0 Å². The van der Waals surface area contributed by atoms with Crippen LogP contribution in [0.2, 0.25) is 0 Å². The SMILES string of the molecule is CC(C(=O)Nc1cccc(N)c1)N1CC2CCC1C2. The third kappa shape index (κ3) is 2.45. The van der Waals surface area contributed by atoms with Crippen molar-refractivity contribution < 1.29 is 4.79 Å². The summed E-state index contributed by atoms with van der Waals surface area (Å²) < 4.78 is 0. The molecule has 1 heterocycles. The standard InChI is InChI=1S/C15H21N3O/c1-10(18-9-11-5-6-14(18)7-11)15(19)17-13-4-2-3-12(16)8-13/h2-4,8,10-11,14H,5-7,9,16H2,1H3,(H,17,19). The highest BCUT2D eigenvalue weighted by Crippen LogP contribution is 2.38. The topological polar surface area (TPSA) is 58.4 Å². The summed E-state index contributed by atoms with van der Waals surface area (Å²) in [4.78, 5) is 14.7. The number of nitrogens with one attached hydrogen (secondary N) is 1. The van der Waals surface area contributed by atoms with Crippen molar-refractivity contribution in [3.63, 3.8) is 0 Å². The normalized spacial score (nSPS) is 27.4. The minimum atomic E-state index is -0.0586. The van der Waals surface area contributed by atoms with Crippen molar-refractivity contribution in [3.05, 3.63) is 24.3 Å². The summed E-state index contributed by atoms with van der Waals surface area (Å²) in [7, 11) is 0. The van der Waals surface area contributed by atoms with E-state index in [0.717, 1.165) is 18.2 Å². The van der Waals surface area contributed by atoms with Crippen molar-refractivity contribution in [2.45, 2.75) is 38.3 Å². The second kappa shape index (κ2) is 4.85. The number of nitrogen functional groups attached to an aromatic ring is 1. The van der Waals surface area contributed by atoms with Crippen molar-refractivity contribution in [2.24, 2.45) is 5.92 Å². The van der Waals surface area contributed by atoms with Gasteiger partial charge in [-0.15, -0.1) is 0 Å². The Kier molecular flexibility index (Phi) is 3.19. The summed E-state index contributed by atoms with van der Waals surface area (Å²) >= 11 is 0. The molecule has 3 rings (SSSR count). The maximum absolute atomic E-state index is 12.3. The molecule has 2 fully saturated rings. The fourth-order valence-electron chi connectivity index (χ4n) is 3.45. The molecule has 19 heavy (non-hydrogen) atoms. The summed E-state index contributed by atoms with van der Waals surface area (Å²) in [5, 5.41) is 2.96. The van der Waals surface area contributed by atoms with E-state index in [2.05, 4.69) is 10.2 Å². The average Bonchev–Trinajstić information content (AvgIpc) is 3.00. The van der Waals surface area contributed by atoms with Gasteiger partial charge in [0, 0.05) is 24.0 Å². The van der Waals surface area contributed by atoms with Crippen molar-refractivity contribution in [1.82, 2.24) is 4.90 Å². The first-order valence-electron chi connectivity index (χ1n) is 7.05. The van der Waals surface area contributed by atoms with Gasteiger partial charge in [0.25, 0.3) is 0 Å². The number of likely N-dealkylation sites (tertiary alicyclic amines) is 1. The smallest absolute Gasteiger partial charge is 0.241 e. The minimum Gasteiger partial charge on any atom is -0.399 e. The number of nitrogens with two attached hydrogens (primary N) is 1. The highest BCUT2D eigenvalue weighted by atomic mass is 16.2. The third-order valence-corrected chi connectivity index (χ3v) is 4.48. The predicted molar refractivity (Wildman–Crippen MR) is 76.8 cm³/mol. The van der Waals surface area contributed by atoms with Gasteiger partial charge < -0.3 is 11.1 Å². The van der Waals surface area contributed by atoms with E-state index in [9.17, 15) is 4.79 Å². The van der Waals surface area contributed by atoms with Gasteiger partial charge in [-0.2, -0.15) is 0 Å². The maximum atomic E-state index is 12.3. The van der Waals surface area contributed by atoms with E-state index in [0.29, 0.717) is 11.7 Å². The lowest BCUT2D eigenvalue weighted by Crippen LogP contribution is -2.46. The number of fused-ring (bicyclic) bond motifs is 2. The van der Waals surface area contributed by atoms with Crippen molar-refractivity contribution in [1.29, 1.82) is 0 Å². The number of nitrogens with zero attached hydrogens (tertiary/aromatic N) is 1. The lowest BCUT2D eigenvalue weighted by Gasteiger charge is -2.31. The van der Waals surface area contributed by atoms with E-state index >= 15 is 0 Å². The highest BCUT2D eigenvalue weighted by Gasteiger charge is 2.41. The molecule has 1 aromatic carbocycles. The fourth-order valence-corrected chi connectivity index (χ4v) is 3.45. The van der Waals surface area contributed by atoms with Gasteiger partial charge in [0.15, 0.2) is 0 Å². The van der Waals surface area contributed by atoms with Gasteiger partial charge in [-0.05, 0) is 50.3 Å². The molecule has 3 N–H and O–H groups in total. The molecule has 1 saturated carbocycles. The first-order valence-corrected chi connectivity index (χ1v) is 7.05. The third-order valence-electron chi connectivity index (χ3n) is 4.48. The van der Waals surface area contributed by atoms with Crippen LogP contribution in [-0.2, 0) is 4.79 Å². The Morgan fingerprint density at radius 3 is 2.95 bits per heavy atom. The Hall–Kier alpha value is -1.55. The lowest BCUT2D eigenvalue weighted by atomic mass is 10.1. The zero-order chi connectivity index (χ0) is 13.4. The Morgan fingerprint density at radius 1 is 1.47 bits per heavy atom.